The zero-order valence-corrected chi connectivity index (χ0v) is 12.3. The molecule has 4 nitrogen and oxygen atoms in total. The molecule has 1 aromatic carbocycles. The standard InChI is InChI=1S/C13H19BrN2O2/c1-3-5-10(15)13(17)16-11-8-9(14)6-7-12(11)18-4-2/h6-8,10H,3-5,15H2,1-2H3,(H,16,17). The second-order valence-electron chi connectivity index (χ2n) is 3.96. The fourth-order valence-corrected chi connectivity index (χ4v) is 1.91. The van der Waals surface area contributed by atoms with Crippen molar-refractivity contribution < 1.29 is 9.53 Å². The van der Waals surface area contributed by atoms with Gasteiger partial charge in [0.1, 0.15) is 5.75 Å². The van der Waals surface area contributed by atoms with Gasteiger partial charge in [0.25, 0.3) is 0 Å². The molecule has 1 atom stereocenters. The Morgan fingerprint density at radius 2 is 2.22 bits per heavy atom. The van der Waals surface area contributed by atoms with E-state index in [9.17, 15) is 4.79 Å². The number of amides is 1. The second-order valence-corrected chi connectivity index (χ2v) is 4.87. The Hall–Kier alpha value is -1.07. The van der Waals surface area contributed by atoms with Gasteiger partial charge in [0.05, 0.1) is 18.3 Å². The van der Waals surface area contributed by atoms with E-state index in [1.165, 1.54) is 0 Å². The first-order valence-corrected chi connectivity index (χ1v) is 6.86. The molecule has 18 heavy (non-hydrogen) atoms. The van der Waals surface area contributed by atoms with Gasteiger partial charge in [-0.3, -0.25) is 4.79 Å². The molecule has 0 saturated heterocycles. The van der Waals surface area contributed by atoms with Crippen molar-refractivity contribution in [2.45, 2.75) is 32.7 Å². The number of benzene rings is 1. The van der Waals surface area contributed by atoms with E-state index >= 15 is 0 Å². The highest BCUT2D eigenvalue weighted by atomic mass is 79.9. The smallest absolute Gasteiger partial charge is 0.241 e. The number of nitrogens with two attached hydrogens (primary N) is 1. The van der Waals surface area contributed by atoms with Crippen LogP contribution >= 0.6 is 15.9 Å². The molecule has 0 aliphatic rings. The summed E-state index contributed by atoms with van der Waals surface area (Å²) in [5.41, 5.74) is 6.41. The first kappa shape index (κ1) is 15.0. The van der Waals surface area contributed by atoms with E-state index in [1.807, 2.05) is 32.0 Å². The Morgan fingerprint density at radius 1 is 1.50 bits per heavy atom. The normalized spacial score (nSPS) is 12.0. The highest BCUT2D eigenvalue weighted by molar-refractivity contribution is 9.10. The summed E-state index contributed by atoms with van der Waals surface area (Å²) in [6, 6.07) is 5.01. The van der Waals surface area contributed by atoms with Crippen LogP contribution in [0.4, 0.5) is 5.69 Å². The van der Waals surface area contributed by atoms with Crippen LogP contribution in [0.2, 0.25) is 0 Å². The lowest BCUT2D eigenvalue weighted by molar-refractivity contribution is -0.117. The summed E-state index contributed by atoms with van der Waals surface area (Å²) >= 11 is 3.37. The van der Waals surface area contributed by atoms with Crippen molar-refractivity contribution in [3.05, 3.63) is 22.7 Å². The zero-order chi connectivity index (χ0) is 13.5. The largest absolute Gasteiger partial charge is 0.492 e. The number of carbonyl (C=O) groups excluding carboxylic acids is 1. The van der Waals surface area contributed by atoms with Gasteiger partial charge in [-0.15, -0.1) is 0 Å². The van der Waals surface area contributed by atoms with E-state index in [4.69, 9.17) is 10.5 Å². The molecule has 100 valence electrons. The van der Waals surface area contributed by atoms with Crippen molar-refractivity contribution in [1.82, 2.24) is 0 Å². The van der Waals surface area contributed by atoms with Crippen molar-refractivity contribution in [1.29, 1.82) is 0 Å². The molecule has 1 rings (SSSR count). The monoisotopic (exact) mass is 314 g/mol. The topological polar surface area (TPSA) is 64.4 Å². The fraction of sp³-hybridized carbons (Fsp3) is 0.462. The molecule has 1 amide bonds. The van der Waals surface area contributed by atoms with E-state index in [2.05, 4.69) is 21.2 Å². The Bertz CT molecular complexity index is 410. The number of ether oxygens (including phenoxy) is 1. The molecule has 0 heterocycles. The third-order valence-corrected chi connectivity index (χ3v) is 2.93. The number of nitrogens with one attached hydrogen (secondary N) is 1. The first-order chi connectivity index (χ1) is 8.58. The Labute approximate surface area is 116 Å². The summed E-state index contributed by atoms with van der Waals surface area (Å²) in [6.45, 7) is 4.44. The van der Waals surface area contributed by atoms with Crippen LogP contribution in [0, 0.1) is 0 Å². The first-order valence-electron chi connectivity index (χ1n) is 6.07. The van der Waals surface area contributed by atoms with E-state index in [0.717, 1.165) is 10.9 Å². The van der Waals surface area contributed by atoms with Crippen LogP contribution in [0.25, 0.3) is 0 Å². The van der Waals surface area contributed by atoms with Gasteiger partial charge >= 0.3 is 0 Å². The van der Waals surface area contributed by atoms with Crippen molar-refractivity contribution >= 4 is 27.5 Å². The average molecular weight is 315 g/mol. The van der Waals surface area contributed by atoms with Gasteiger partial charge in [0.2, 0.25) is 5.91 Å². The van der Waals surface area contributed by atoms with Crippen molar-refractivity contribution in [2.24, 2.45) is 5.73 Å². The Kier molecular flexibility index (Phi) is 6.15. The minimum absolute atomic E-state index is 0.184. The molecule has 1 unspecified atom stereocenters. The lowest BCUT2D eigenvalue weighted by atomic mass is 10.1. The van der Waals surface area contributed by atoms with Crippen LogP contribution < -0.4 is 15.8 Å². The average Bonchev–Trinajstić information content (AvgIpc) is 2.33. The summed E-state index contributed by atoms with van der Waals surface area (Å²) in [5.74, 6) is 0.466. The maximum absolute atomic E-state index is 11.9. The predicted octanol–water partition coefficient (Wildman–Crippen LogP) is 2.91. The lowest BCUT2D eigenvalue weighted by Crippen LogP contribution is -2.35. The van der Waals surface area contributed by atoms with Crippen molar-refractivity contribution in [3.63, 3.8) is 0 Å². The maximum Gasteiger partial charge on any atom is 0.241 e. The van der Waals surface area contributed by atoms with Gasteiger partial charge in [0.15, 0.2) is 0 Å². The van der Waals surface area contributed by atoms with Crippen LogP contribution in [0.5, 0.6) is 5.75 Å². The molecule has 0 saturated carbocycles. The number of hydrogen-bond donors (Lipinski definition) is 2. The van der Waals surface area contributed by atoms with E-state index < -0.39 is 6.04 Å². The predicted molar refractivity (Wildman–Crippen MR) is 76.8 cm³/mol. The van der Waals surface area contributed by atoms with Gasteiger partial charge in [-0.05, 0) is 31.5 Å². The van der Waals surface area contributed by atoms with E-state index in [-0.39, 0.29) is 5.91 Å². The molecule has 0 aromatic heterocycles. The van der Waals surface area contributed by atoms with Gasteiger partial charge in [-0.1, -0.05) is 29.3 Å². The third kappa shape index (κ3) is 4.31. The molecule has 0 aliphatic heterocycles. The number of halogens is 1. The molecule has 0 spiro atoms. The summed E-state index contributed by atoms with van der Waals surface area (Å²) < 4.78 is 6.34. The van der Waals surface area contributed by atoms with E-state index in [1.54, 1.807) is 0 Å². The zero-order valence-electron chi connectivity index (χ0n) is 10.7. The number of rotatable bonds is 6. The fourth-order valence-electron chi connectivity index (χ4n) is 1.55. The Balaban J connectivity index is 2.81. The molecule has 0 bridgehead atoms. The molecular formula is C13H19BrN2O2. The summed E-state index contributed by atoms with van der Waals surface area (Å²) in [4.78, 5) is 11.9. The summed E-state index contributed by atoms with van der Waals surface area (Å²) in [6.07, 6.45) is 1.55. The van der Waals surface area contributed by atoms with Gasteiger partial charge < -0.3 is 15.8 Å². The van der Waals surface area contributed by atoms with Crippen LogP contribution in [-0.2, 0) is 4.79 Å². The number of carbonyl (C=O) groups is 1. The van der Waals surface area contributed by atoms with Crippen LogP contribution in [0.15, 0.2) is 22.7 Å². The molecule has 0 fully saturated rings. The minimum Gasteiger partial charge on any atom is -0.492 e. The molecule has 5 heteroatoms. The van der Waals surface area contributed by atoms with E-state index in [0.29, 0.717) is 24.5 Å². The maximum atomic E-state index is 11.9. The quantitative estimate of drug-likeness (QED) is 0.848. The summed E-state index contributed by atoms with van der Waals surface area (Å²) in [5, 5.41) is 2.80. The molecule has 0 aliphatic carbocycles. The van der Waals surface area contributed by atoms with Crippen molar-refractivity contribution in [3.8, 4) is 5.75 Å². The lowest BCUT2D eigenvalue weighted by Gasteiger charge is -2.14. The van der Waals surface area contributed by atoms with Gasteiger partial charge in [0, 0.05) is 4.47 Å². The molecule has 0 radical (unpaired) electrons. The second kappa shape index (κ2) is 7.38. The molecule has 3 N–H and O–H groups in total. The number of anilines is 1. The summed E-state index contributed by atoms with van der Waals surface area (Å²) in [7, 11) is 0. The highest BCUT2D eigenvalue weighted by Crippen LogP contribution is 2.28. The molecule has 1 aromatic rings. The molecular weight excluding hydrogens is 296 g/mol. The minimum atomic E-state index is -0.483. The van der Waals surface area contributed by atoms with Gasteiger partial charge in [-0.2, -0.15) is 0 Å². The van der Waals surface area contributed by atoms with Crippen LogP contribution in [-0.4, -0.2) is 18.6 Å². The van der Waals surface area contributed by atoms with Gasteiger partial charge in [-0.25, -0.2) is 0 Å². The van der Waals surface area contributed by atoms with Crippen LogP contribution in [0.3, 0.4) is 0 Å². The third-order valence-electron chi connectivity index (χ3n) is 2.44. The van der Waals surface area contributed by atoms with Crippen molar-refractivity contribution in [2.75, 3.05) is 11.9 Å². The Morgan fingerprint density at radius 3 is 2.83 bits per heavy atom. The highest BCUT2D eigenvalue weighted by Gasteiger charge is 2.14. The SMILES string of the molecule is CCCC(N)C(=O)Nc1cc(Br)ccc1OCC. The number of hydrogen-bond acceptors (Lipinski definition) is 3. The van der Waals surface area contributed by atoms with Crippen LogP contribution in [0.1, 0.15) is 26.7 Å².